The molecule has 168 valence electrons. The normalized spacial score (nSPS) is 13.5. The molecule has 0 unspecified atom stereocenters. The third-order valence-electron chi connectivity index (χ3n) is 5.05. The summed E-state index contributed by atoms with van der Waals surface area (Å²) in [6.07, 6.45) is 5.22. The Kier molecular flexibility index (Phi) is 7.61. The molecule has 0 aliphatic carbocycles. The number of carbonyl (C=O) groups excluding carboxylic acids is 1. The minimum Gasteiger partial charge on any atom is -0.495 e. The summed E-state index contributed by atoms with van der Waals surface area (Å²) in [5.41, 5.74) is 1.98. The van der Waals surface area contributed by atoms with Gasteiger partial charge in [-0.2, -0.15) is 0 Å². The zero-order valence-corrected chi connectivity index (χ0v) is 19.2. The maximum atomic E-state index is 12.9. The van der Waals surface area contributed by atoms with Crippen LogP contribution in [-0.4, -0.2) is 44.5 Å². The molecule has 3 rings (SSSR count). The smallest absolute Gasteiger partial charge is 0.317 e. The Bertz CT molecular complexity index is 1050. The number of pyridine rings is 1. The predicted octanol–water partition coefficient (Wildman–Crippen LogP) is 3.80. The molecule has 31 heavy (non-hydrogen) atoms. The minimum absolute atomic E-state index is 0.0618. The summed E-state index contributed by atoms with van der Waals surface area (Å²) >= 11 is 5.97. The number of urea groups is 1. The van der Waals surface area contributed by atoms with Gasteiger partial charge in [0.05, 0.1) is 19.0 Å². The van der Waals surface area contributed by atoms with Crippen LogP contribution in [0.2, 0.25) is 5.02 Å². The number of halogens is 1. The van der Waals surface area contributed by atoms with E-state index in [1.54, 1.807) is 17.0 Å². The number of unbranched alkanes of at least 4 members (excludes halogenated alkanes) is 2. The molecule has 8 nitrogen and oxygen atoms in total. The van der Waals surface area contributed by atoms with E-state index < -0.39 is 10.0 Å². The zero-order valence-electron chi connectivity index (χ0n) is 17.7. The molecule has 0 bridgehead atoms. The van der Waals surface area contributed by atoms with Crippen LogP contribution in [0.1, 0.15) is 37.4 Å². The van der Waals surface area contributed by atoms with Crippen LogP contribution >= 0.6 is 11.6 Å². The fraction of sp³-hybridized carbons (Fsp3) is 0.429. The number of nitrogens with zero attached hydrogens (tertiary/aromatic N) is 2. The number of sulfonamides is 1. The number of fused-ring (bicyclic) bond motifs is 1. The van der Waals surface area contributed by atoms with Crippen LogP contribution in [0, 0.1) is 0 Å². The summed E-state index contributed by atoms with van der Waals surface area (Å²) in [6.45, 7) is 3.71. The van der Waals surface area contributed by atoms with E-state index >= 15 is 0 Å². The van der Waals surface area contributed by atoms with Crippen molar-refractivity contribution >= 4 is 33.3 Å². The lowest BCUT2D eigenvalue weighted by Crippen LogP contribution is -2.43. The Balaban J connectivity index is 1.73. The fourth-order valence-electron chi connectivity index (χ4n) is 3.41. The number of rotatable bonds is 8. The first-order valence-corrected chi connectivity index (χ1v) is 12.1. The molecule has 1 aliphatic rings. The minimum atomic E-state index is -3.94. The quantitative estimate of drug-likeness (QED) is 0.576. The number of hydrogen-bond donors (Lipinski definition) is 2. The van der Waals surface area contributed by atoms with Crippen molar-refractivity contribution in [3.05, 3.63) is 46.7 Å². The molecule has 0 fully saturated rings. The molecule has 1 aliphatic heterocycles. The van der Waals surface area contributed by atoms with E-state index in [0.717, 1.165) is 30.5 Å². The average molecular weight is 467 g/mol. The highest BCUT2D eigenvalue weighted by Crippen LogP contribution is 2.29. The summed E-state index contributed by atoms with van der Waals surface area (Å²) in [4.78, 5) is 18.5. The van der Waals surface area contributed by atoms with Gasteiger partial charge in [0.2, 0.25) is 0 Å². The van der Waals surface area contributed by atoms with Crippen LogP contribution in [0.4, 0.5) is 10.5 Å². The van der Waals surface area contributed by atoms with E-state index in [-0.39, 0.29) is 21.7 Å². The first-order chi connectivity index (χ1) is 14.8. The van der Waals surface area contributed by atoms with Gasteiger partial charge < -0.3 is 15.0 Å². The number of anilines is 1. The van der Waals surface area contributed by atoms with E-state index in [1.807, 2.05) is 0 Å². The molecule has 2 heterocycles. The molecular weight excluding hydrogens is 440 g/mol. The highest BCUT2D eigenvalue weighted by Gasteiger charge is 2.24. The van der Waals surface area contributed by atoms with Gasteiger partial charge in [0.15, 0.2) is 0 Å². The maximum Gasteiger partial charge on any atom is 0.317 e. The largest absolute Gasteiger partial charge is 0.495 e. The summed E-state index contributed by atoms with van der Waals surface area (Å²) in [5.74, 6) is 0.189. The first-order valence-electron chi connectivity index (χ1n) is 10.2. The van der Waals surface area contributed by atoms with Gasteiger partial charge >= 0.3 is 6.03 Å². The second-order valence-electron chi connectivity index (χ2n) is 7.34. The Morgan fingerprint density at radius 3 is 2.84 bits per heavy atom. The van der Waals surface area contributed by atoms with Gasteiger partial charge in [-0.25, -0.2) is 13.2 Å². The second-order valence-corrected chi connectivity index (χ2v) is 9.43. The van der Waals surface area contributed by atoms with Crippen molar-refractivity contribution in [1.82, 2.24) is 15.2 Å². The van der Waals surface area contributed by atoms with Crippen LogP contribution in [0.15, 0.2) is 35.4 Å². The van der Waals surface area contributed by atoms with Crippen LogP contribution in [0.3, 0.4) is 0 Å². The molecule has 0 atom stereocenters. The van der Waals surface area contributed by atoms with Gasteiger partial charge in [0.1, 0.15) is 10.6 Å². The molecule has 1 aromatic carbocycles. The molecule has 2 aromatic rings. The molecule has 0 saturated heterocycles. The molecule has 0 saturated carbocycles. The van der Waals surface area contributed by atoms with E-state index in [0.29, 0.717) is 31.7 Å². The van der Waals surface area contributed by atoms with E-state index in [4.69, 9.17) is 16.3 Å². The van der Waals surface area contributed by atoms with Gasteiger partial charge in [0.25, 0.3) is 10.0 Å². The molecule has 0 spiro atoms. The van der Waals surface area contributed by atoms with Crippen molar-refractivity contribution in [3.63, 3.8) is 0 Å². The van der Waals surface area contributed by atoms with Crippen molar-refractivity contribution in [2.75, 3.05) is 24.9 Å². The average Bonchev–Trinajstić information content (AvgIpc) is 2.75. The highest BCUT2D eigenvalue weighted by molar-refractivity contribution is 7.92. The summed E-state index contributed by atoms with van der Waals surface area (Å²) in [6, 6.07) is 5.99. The molecular formula is C21H27ClN4O4S. The first kappa shape index (κ1) is 23.1. The summed E-state index contributed by atoms with van der Waals surface area (Å²) < 4.78 is 33.5. The van der Waals surface area contributed by atoms with Crippen molar-refractivity contribution in [1.29, 1.82) is 0 Å². The number of amides is 2. The van der Waals surface area contributed by atoms with E-state index in [9.17, 15) is 13.2 Å². The topological polar surface area (TPSA) is 101 Å². The number of carbonyl (C=O) groups is 1. The maximum absolute atomic E-state index is 12.9. The van der Waals surface area contributed by atoms with Crippen LogP contribution in [-0.2, 0) is 23.0 Å². The van der Waals surface area contributed by atoms with Gasteiger partial charge in [-0.15, -0.1) is 0 Å². The fourth-order valence-corrected chi connectivity index (χ4v) is 4.88. The number of ether oxygens (including phenoxy) is 1. The number of benzene rings is 1. The zero-order chi connectivity index (χ0) is 22.4. The van der Waals surface area contributed by atoms with Crippen molar-refractivity contribution in [2.45, 2.75) is 44.0 Å². The third kappa shape index (κ3) is 5.80. The number of methoxy groups -OCH3 is 1. The molecule has 10 heteroatoms. The monoisotopic (exact) mass is 466 g/mol. The Morgan fingerprint density at radius 1 is 1.29 bits per heavy atom. The van der Waals surface area contributed by atoms with E-state index in [1.165, 1.54) is 25.4 Å². The van der Waals surface area contributed by atoms with Crippen LogP contribution in [0.5, 0.6) is 5.75 Å². The lowest BCUT2D eigenvalue weighted by atomic mass is 10.1. The van der Waals surface area contributed by atoms with Gasteiger partial charge in [-0.3, -0.25) is 9.71 Å². The lowest BCUT2D eigenvalue weighted by molar-refractivity contribution is 0.192. The molecule has 1 aromatic heterocycles. The number of aromatic nitrogens is 1. The van der Waals surface area contributed by atoms with Gasteiger partial charge in [-0.1, -0.05) is 31.4 Å². The number of nitrogens with one attached hydrogen (secondary N) is 2. The summed E-state index contributed by atoms with van der Waals surface area (Å²) in [7, 11) is -2.55. The van der Waals surface area contributed by atoms with Gasteiger partial charge in [0, 0.05) is 36.8 Å². The molecule has 2 amide bonds. The third-order valence-corrected chi connectivity index (χ3v) is 6.69. The Hall–Kier alpha value is -2.52. The SMILES string of the molecule is CCCCCNC(=O)N1CCc2ncc(NS(=O)(=O)c3cc(Cl)ccc3OC)cc2C1. The summed E-state index contributed by atoms with van der Waals surface area (Å²) in [5, 5.41) is 3.22. The standard InChI is InChI=1S/C21H27ClN4O4S/c1-3-4-5-9-23-21(27)26-10-8-18-15(14-26)11-17(13-24-18)25-31(28,29)20-12-16(22)6-7-19(20)30-2/h6-7,11-13,25H,3-5,8-10,14H2,1-2H3,(H,23,27). The predicted molar refractivity (Wildman–Crippen MR) is 120 cm³/mol. The van der Waals surface area contributed by atoms with Crippen molar-refractivity contribution in [2.24, 2.45) is 0 Å². The van der Waals surface area contributed by atoms with Gasteiger partial charge in [-0.05, 0) is 36.2 Å². The van der Waals surface area contributed by atoms with Crippen molar-refractivity contribution < 1.29 is 17.9 Å². The Labute approximate surface area is 188 Å². The second kappa shape index (κ2) is 10.2. The van der Waals surface area contributed by atoms with E-state index in [2.05, 4.69) is 21.9 Å². The molecule has 2 N–H and O–H groups in total. The van der Waals surface area contributed by atoms with Crippen LogP contribution < -0.4 is 14.8 Å². The van der Waals surface area contributed by atoms with Crippen LogP contribution in [0.25, 0.3) is 0 Å². The Morgan fingerprint density at radius 2 is 2.10 bits per heavy atom. The number of hydrogen-bond acceptors (Lipinski definition) is 5. The lowest BCUT2D eigenvalue weighted by Gasteiger charge is -2.28. The molecule has 0 radical (unpaired) electrons. The van der Waals surface area contributed by atoms with Crippen molar-refractivity contribution in [3.8, 4) is 5.75 Å². The highest BCUT2D eigenvalue weighted by atomic mass is 35.5.